The van der Waals surface area contributed by atoms with Crippen LogP contribution < -0.4 is 15.8 Å². The maximum atomic E-state index is 13.0. The van der Waals surface area contributed by atoms with Crippen molar-refractivity contribution < 1.29 is 14.3 Å². The van der Waals surface area contributed by atoms with E-state index in [0.29, 0.717) is 16.7 Å². The third kappa shape index (κ3) is 3.45. The van der Waals surface area contributed by atoms with Crippen LogP contribution in [0.25, 0.3) is 22.2 Å². The third-order valence-corrected chi connectivity index (χ3v) is 5.80. The molecule has 0 saturated heterocycles. The molecule has 0 radical (unpaired) electrons. The van der Waals surface area contributed by atoms with E-state index in [1.807, 2.05) is 39.0 Å². The highest BCUT2D eigenvalue weighted by Gasteiger charge is 2.23. The number of benzene rings is 2. The average Bonchev–Trinajstić information content (AvgIpc) is 2.81. The number of aromatic nitrogens is 1. The molecular formula is C25H24N2O5. The van der Waals surface area contributed by atoms with Gasteiger partial charge in [-0.2, -0.15) is 0 Å². The van der Waals surface area contributed by atoms with E-state index in [1.165, 1.54) is 0 Å². The van der Waals surface area contributed by atoms with E-state index >= 15 is 0 Å². The second kappa shape index (κ2) is 8.34. The molecule has 2 N–H and O–H groups in total. The number of nitrogens with one attached hydrogen (secondary N) is 1. The Bertz CT molecular complexity index is 1500. The molecule has 0 atom stereocenters. The monoisotopic (exact) mass is 432 g/mol. The van der Waals surface area contributed by atoms with Gasteiger partial charge in [0.15, 0.2) is 5.58 Å². The van der Waals surface area contributed by atoms with Gasteiger partial charge in [-0.25, -0.2) is 4.79 Å². The first-order valence-electron chi connectivity index (χ1n) is 10.6. The summed E-state index contributed by atoms with van der Waals surface area (Å²) in [7, 11) is 0. The van der Waals surface area contributed by atoms with E-state index in [9.17, 15) is 19.5 Å². The van der Waals surface area contributed by atoms with E-state index in [0.717, 1.165) is 30.8 Å². The highest BCUT2D eigenvalue weighted by Crippen LogP contribution is 2.25. The molecule has 1 aliphatic heterocycles. The Kier molecular flexibility index (Phi) is 5.57. The first-order valence-corrected chi connectivity index (χ1v) is 10.6. The van der Waals surface area contributed by atoms with Crippen LogP contribution in [0.2, 0.25) is 0 Å². The molecule has 1 heterocycles. The van der Waals surface area contributed by atoms with Crippen molar-refractivity contribution >= 4 is 22.8 Å². The standard InChI is InChI=1S/C25H24N2O5/c1-4-14-7-9-15(10-8-14)19-20(25(30)31)21-24(23(29)22(19)28)32-18-13-16(27(5-2)6-3)11-12-17(18)26-21/h7-13,26H,4-6H2,1-3H3,(H,30,31). The largest absolute Gasteiger partial charge is 0.478 e. The number of carbonyl (C=O) groups is 1. The van der Waals surface area contributed by atoms with E-state index in [1.54, 1.807) is 24.3 Å². The SMILES string of the molecule is CCc1ccc(-c2c(C(=O)O)c3[nH]c4ccc(N(CC)CC)cc4oc=3c(=O)c2=O)cc1. The lowest BCUT2D eigenvalue weighted by Crippen LogP contribution is -2.30. The Balaban J connectivity index is 2.09. The van der Waals surface area contributed by atoms with Crippen LogP contribution in [-0.4, -0.2) is 29.1 Å². The summed E-state index contributed by atoms with van der Waals surface area (Å²) < 4.78 is 5.82. The molecule has 2 aromatic carbocycles. The van der Waals surface area contributed by atoms with Crippen molar-refractivity contribution in [3.63, 3.8) is 0 Å². The third-order valence-electron chi connectivity index (χ3n) is 5.80. The zero-order valence-corrected chi connectivity index (χ0v) is 18.2. The van der Waals surface area contributed by atoms with Gasteiger partial charge in [0, 0.05) is 24.8 Å². The number of H-pyrrole nitrogens is 1. The molecule has 32 heavy (non-hydrogen) atoms. The Hall–Kier alpha value is -3.87. The second-order valence-electron chi connectivity index (χ2n) is 7.55. The van der Waals surface area contributed by atoms with Crippen molar-refractivity contribution in [3.8, 4) is 11.1 Å². The minimum atomic E-state index is -1.31. The summed E-state index contributed by atoms with van der Waals surface area (Å²) in [4.78, 5) is 43.4. The molecule has 0 fully saturated rings. The number of aromatic carboxylic acids is 1. The molecule has 0 amide bonds. The summed E-state index contributed by atoms with van der Waals surface area (Å²) in [6.45, 7) is 7.64. The number of hydrogen-bond acceptors (Lipinski definition) is 5. The van der Waals surface area contributed by atoms with Crippen molar-refractivity contribution in [2.45, 2.75) is 27.2 Å². The number of rotatable bonds is 6. The quantitative estimate of drug-likeness (QED) is 0.447. The molecule has 7 nitrogen and oxygen atoms in total. The van der Waals surface area contributed by atoms with Crippen LogP contribution >= 0.6 is 0 Å². The fourth-order valence-corrected chi connectivity index (χ4v) is 4.02. The number of hydrogen-bond donors (Lipinski definition) is 2. The maximum Gasteiger partial charge on any atom is 0.338 e. The molecule has 164 valence electrons. The summed E-state index contributed by atoms with van der Waals surface area (Å²) in [6.07, 6.45) is 0.801. The van der Waals surface area contributed by atoms with Gasteiger partial charge in [-0.1, -0.05) is 31.2 Å². The van der Waals surface area contributed by atoms with Crippen LogP contribution in [0.4, 0.5) is 5.69 Å². The van der Waals surface area contributed by atoms with Crippen LogP contribution in [0.3, 0.4) is 0 Å². The number of anilines is 1. The molecule has 0 aromatic heterocycles. The predicted molar refractivity (Wildman–Crippen MR) is 124 cm³/mol. The number of carboxylic acid groups (broad SMARTS) is 1. The highest BCUT2D eigenvalue weighted by atomic mass is 16.4. The number of fused-ring (bicyclic) bond motifs is 1. The van der Waals surface area contributed by atoms with Crippen molar-refractivity contribution in [1.29, 1.82) is 0 Å². The maximum absolute atomic E-state index is 13.0. The molecule has 2 aliphatic rings. The number of carboxylic acids is 1. The van der Waals surface area contributed by atoms with Gasteiger partial charge in [0.25, 0.3) is 5.43 Å². The van der Waals surface area contributed by atoms with Crippen LogP contribution in [0.15, 0.2) is 56.5 Å². The molecule has 1 aliphatic carbocycles. The normalized spacial score (nSPS) is 11.2. The second-order valence-corrected chi connectivity index (χ2v) is 7.55. The van der Waals surface area contributed by atoms with Gasteiger partial charge in [-0.15, -0.1) is 0 Å². The van der Waals surface area contributed by atoms with Gasteiger partial charge >= 0.3 is 5.97 Å². The number of aryl methyl sites for hydroxylation is 1. The molecule has 4 rings (SSSR count). The number of nitrogens with zero attached hydrogens (tertiary/aromatic N) is 1. The first kappa shape index (κ1) is 21.4. The lowest BCUT2D eigenvalue weighted by molar-refractivity contribution is 0.0695. The fraction of sp³-hybridized carbons (Fsp3) is 0.240. The van der Waals surface area contributed by atoms with Gasteiger partial charge in [0.2, 0.25) is 10.8 Å². The van der Waals surface area contributed by atoms with E-state index in [2.05, 4.69) is 9.88 Å². The highest BCUT2D eigenvalue weighted by molar-refractivity contribution is 5.96. The smallest absolute Gasteiger partial charge is 0.338 e. The average molecular weight is 432 g/mol. The summed E-state index contributed by atoms with van der Waals surface area (Å²) in [5.41, 5.74) is 0.769. The topological polar surface area (TPSA) is 104 Å². The lowest BCUT2D eigenvalue weighted by atomic mass is 9.97. The minimum Gasteiger partial charge on any atom is -0.478 e. The molecular weight excluding hydrogens is 408 g/mol. The van der Waals surface area contributed by atoms with E-state index in [4.69, 9.17) is 4.42 Å². The van der Waals surface area contributed by atoms with Crippen LogP contribution in [0, 0.1) is 10.8 Å². The van der Waals surface area contributed by atoms with Gasteiger partial charge < -0.3 is 19.4 Å². The fourth-order valence-electron chi connectivity index (χ4n) is 4.02. The van der Waals surface area contributed by atoms with Crippen molar-refractivity contribution in [1.82, 2.24) is 4.98 Å². The van der Waals surface area contributed by atoms with E-state index in [-0.39, 0.29) is 21.9 Å². The molecule has 0 bridgehead atoms. The molecule has 0 spiro atoms. The zero-order valence-electron chi connectivity index (χ0n) is 18.2. The summed E-state index contributed by atoms with van der Waals surface area (Å²) >= 11 is 0. The number of aromatic amines is 1. The summed E-state index contributed by atoms with van der Waals surface area (Å²) in [5, 5.41) is 9.98. The Morgan fingerprint density at radius 2 is 1.69 bits per heavy atom. The molecule has 7 heteroatoms. The van der Waals surface area contributed by atoms with Crippen LogP contribution in [0.5, 0.6) is 0 Å². The van der Waals surface area contributed by atoms with Gasteiger partial charge in [0.05, 0.1) is 16.6 Å². The summed E-state index contributed by atoms with van der Waals surface area (Å²) in [5.74, 6) is -1.31. The Morgan fingerprint density at radius 1 is 1.00 bits per heavy atom. The predicted octanol–water partition coefficient (Wildman–Crippen LogP) is 3.98. The molecule has 0 saturated carbocycles. The zero-order chi connectivity index (χ0) is 23.0. The minimum absolute atomic E-state index is 0.000225. The Labute approximate surface area is 183 Å². The van der Waals surface area contributed by atoms with Crippen molar-refractivity contribution in [3.05, 3.63) is 84.8 Å². The first-order chi connectivity index (χ1) is 15.4. The van der Waals surface area contributed by atoms with Crippen LogP contribution in [0.1, 0.15) is 36.7 Å². The van der Waals surface area contributed by atoms with Gasteiger partial charge in [-0.3, -0.25) is 9.59 Å². The van der Waals surface area contributed by atoms with Crippen molar-refractivity contribution in [2.75, 3.05) is 18.0 Å². The van der Waals surface area contributed by atoms with E-state index < -0.39 is 16.8 Å². The summed E-state index contributed by atoms with van der Waals surface area (Å²) in [6, 6.07) is 12.4. The molecule has 0 unspecified atom stereocenters. The van der Waals surface area contributed by atoms with Crippen molar-refractivity contribution in [2.24, 2.45) is 0 Å². The van der Waals surface area contributed by atoms with Gasteiger partial charge in [0.1, 0.15) is 5.35 Å². The lowest BCUT2D eigenvalue weighted by Gasteiger charge is -2.21. The van der Waals surface area contributed by atoms with Crippen LogP contribution in [-0.2, 0) is 6.42 Å². The Morgan fingerprint density at radius 3 is 2.28 bits per heavy atom. The molecule has 2 aromatic rings. The van der Waals surface area contributed by atoms with Gasteiger partial charge in [-0.05, 0) is 43.5 Å².